The average molecular weight is 396 g/mol. The van der Waals surface area contributed by atoms with E-state index in [-0.39, 0.29) is 17.6 Å². The van der Waals surface area contributed by atoms with E-state index in [1.165, 1.54) is 23.5 Å². The molecule has 7 heteroatoms. The fourth-order valence-electron chi connectivity index (χ4n) is 2.99. The first kappa shape index (κ1) is 18.2. The minimum absolute atomic E-state index is 0.228. The van der Waals surface area contributed by atoms with Gasteiger partial charge in [-0.1, -0.05) is 12.1 Å². The number of amides is 2. The molecule has 0 saturated heterocycles. The lowest BCUT2D eigenvalue weighted by Crippen LogP contribution is -2.34. The number of ether oxygens (including phenoxy) is 1. The number of carbonyl (C=O) groups is 2. The van der Waals surface area contributed by atoms with Gasteiger partial charge in [-0.3, -0.25) is 9.59 Å². The smallest absolute Gasteiger partial charge is 0.265 e. The van der Waals surface area contributed by atoms with Crippen molar-refractivity contribution in [1.82, 2.24) is 0 Å². The molecule has 1 aliphatic rings. The standard InChI is InChI=1S/C21H17FN2O3S/c1-11-20(25)24-17-9-15(7-8-18(17)27-11)23-21(26)19-10-16(12(2)28-19)13-3-5-14(22)6-4-13/h3-11H,1-2H3,(H,23,26)(H,24,25)/t11-/m1/s1. The highest BCUT2D eigenvalue weighted by molar-refractivity contribution is 7.14. The third kappa shape index (κ3) is 3.48. The number of benzene rings is 2. The fraction of sp³-hybridized carbons (Fsp3) is 0.143. The van der Waals surface area contributed by atoms with Gasteiger partial charge in [0.2, 0.25) is 0 Å². The number of aryl methyl sites for hydroxylation is 1. The van der Waals surface area contributed by atoms with E-state index in [9.17, 15) is 14.0 Å². The van der Waals surface area contributed by atoms with Gasteiger partial charge in [0.15, 0.2) is 6.10 Å². The van der Waals surface area contributed by atoms with Crippen LogP contribution < -0.4 is 15.4 Å². The number of nitrogens with one attached hydrogen (secondary N) is 2. The van der Waals surface area contributed by atoms with Gasteiger partial charge in [-0.05, 0) is 61.4 Å². The van der Waals surface area contributed by atoms with Crippen LogP contribution in [0.5, 0.6) is 5.75 Å². The molecular weight excluding hydrogens is 379 g/mol. The van der Waals surface area contributed by atoms with Crippen molar-refractivity contribution in [2.24, 2.45) is 0 Å². The Hall–Kier alpha value is -3.19. The van der Waals surface area contributed by atoms with Gasteiger partial charge in [0, 0.05) is 10.6 Å². The molecule has 0 aliphatic carbocycles. The third-order valence-electron chi connectivity index (χ3n) is 4.47. The maximum absolute atomic E-state index is 13.1. The molecule has 2 N–H and O–H groups in total. The molecule has 0 fully saturated rings. The second kappa shape index (κ2) is 7.09. The molecule has 28 heavy (non-hydrogen) atoms. The molecule has 0 spiro atoms. The molecule has 3 aromatic rings. The van der Waals surface area contributed by atoms with Crippen LogP contribution in [0.1, 0.15) is 21.5 Å². The Balaban J connectivity index is 1.55. The van der Waals surface area contributed by atoms with Crippen LogP contribution in [0.15, 0.2) is 48.5 Å². The Bertz CT molecular complexity index is 1080. The van der Waals surface area contributed by atoms with E-state index in [2.05, 4.69) is 10.6 Å². The minimum Gasteiger partial charge on any atom is -0.479 e. The molecule has 1 atom stereocenters. The Labute approximate surface area is 165 Å². The molecule has 5 nitrogen and oxygen atoms in total. The van der Waals surface area contributed by atoms with Crippen LogP contribution in [0, 0.1) is 12.7 Å². The second-order valence-corrected chi connectivity index (χ2v) is 7.76. The summed E-state index contributed by atoms with van der Waals surface area (Å²) < 4.78 is 18.7. The maximum atomic E-state index is 13.1. The van der Waals surface area contributed by atoms with Crippen molar-refractivity contribution >= 4 is 34.5 Å². The van der Waals surface area contributed by atoms with Crippen molar-refractivity contribution in [3.05, 3.63) is 64.1 Å². The molecule has 0 saturated carbocycles. The zero-order valence-corrected chi connectivity index (χ0v) is 16.0. The van der Waals surface area contributed by atoms with Crippen molar-refractivity contribution in [3.8, 4) is 16.9 Å². The van der Waals surface area contributed by atoms with Gasteiger partial charge >= 0.3 is 0 Å². The summed E-state index contributed by atoms with van der Waals surface area (Å²) >= 11 is 1.37. The normalized spacial score (nSPS) is 15.4. The summed E-state index contributed by atoms with van der Waals surface area (Å²) in [7, 11) is 0. The van der Waals surface area contributed by atoms with E-state index in [1.54, 1.807) is 43.3 Å². The Kier molecular flexibility index (Phi) is 4.60. The molecule has 142 valence electrons. The van der Waals surface area contributed by atoms with E-state index >= 15 is 0 Å². The largest absolute Gasteiger partial charge is 0.479 e. The molecule has 1 aromatic heterocycles. The third-order valence-corrected chi connectivity index (χ3v) is 5.51. The molecule has 2 heterocycles. The van der Waals surface area contributed by atoms with E-state index in [4.69, 9.17) is 4.74 Å². The van der Waals surface area contributed by atoms with Crippen LogP contribution in [0.4, 0.5) is 15.8 Å². The summed E-state index contributed by atoms with van der Waals surface area (Å²) in [4.78, 5) is 25.9. The van der Waals surface area contributed by atoms with E-state index < -0.39 is 6.10 Å². The number of carbonyl (C=O) groups excluding carboxylic acids is 2. The molecule has 4 rings (SSSR count). The van der Waals surface area contributed by atoms with E-state index in [0.717, 1.165) is 16.0 Å². The van der Waals surface area contributed by atoms with Crippen LogP contribution in [-0.4, -0.2) is 17.9 Å². The molecule has 0 bridgehead atoms. The van der Waals surface area contributed by atoms with Crippen molar-refractivity contribution in [2.45, 2.75) is 20.0 Å². The number of rotatable bonds is 3. The summed E-state index contributed by atoms with van der Waals surface area (Å²) in [6, 6.07) is 13.1. The van der Waals surface area contributed by atoms with Gasteiger partial charge in [0.1, 0.15) is 11.6 Å². The quantitative estimate of drug-likeness (QED) is 0.666. The van der Waals surface area contributed by atoms with Crippen LogP contribution in [0.2, 0.25) is 0 Å². The molecule has 1 aliphatic heterocycles. The number of thiophene rings is 1. The molecular formula is C21H17FN2O3S. The minimum atomic E-state index is -0.549. The lowest BCUT2D eigenvalue weighted by Gasteiger charge is -2.23. The summed E-state index contributed by atoms with van der Waals surface area (Å²) in [6.07, 6.45) is -0.549. The first-order valence-electron chi connectivity index (χ1n) is 8.70. The molecule has 0 unspecified atom stereocenters. The van der Waals surface area contributed by atoms with Gasteiger partial charge in [0.25, 0.3) is 11.8 Å². The Morgan fingerprint density at radius 2 is 1.93 bits per heavy atom. The van der Waals surface area contributed by atoms with Crippen molar-refractivity contribution in [1.29, 1.82) is 0 Å². The number of hydrogen-bond acceptors (Lipinski definition) is 4. The molecule has 2 aromatic carbocycles. The zero-order valence-electron chi connectivity index (χ0n) is 15.2. The maximum Gasteiger partial charge on any atom is 0.265 e. The number of halogens is 1. The SMILES string of the molecule is Cc1sc(C(=O)Nc2ccc3c(c2)NC(=O)[C@@H](C)O3)cc1-c1ccc(F)cc1. The molecule has 0 radical (unpaired) electrons. The van der Waals surface area contributed by atoms with Crippen LogP contribution in [-0.2, 0) is 4.79 Å². The van der Waals surface area contributed by atoms with E-state index in [1.807, 2.05) is 6.92 Å². The monoisotopic (exact) mass is 396 g/mol. The zero-order chi connectivity index (χ0) is 19.8. The van der Waals surface area contributed by atoms with Crippen LogP contribution >= 0.6 is 11.3 Å². The highest BCUT2D eigenvalue weighted by atomic mass is 32.1. The topological polar surface area (TPSA) is 67.4 Å². The number of anilines is 2. The van der Waals surface area contributed by atoms with Crippen LogP contribution in [0.25, 0.3) is 11.1 Å². The van der Waals surface area contributed by atoms with Gasteiger partial charge in [-0.15, -0.1) is 11.3 Å². The van der Waals surface area contributed by atoms with Gasteiger partial charge < -0.3 is 15.4 Å². The number of fused-ring (bicyclic) bond motifs is 1. The molecule has 2 amide bonds. The summed E-state index contributed by atoms with van der Waals surface area (Å²) in [6.45, 7) is 3.60. The van der Waals surface area contributed by atoms with Gasteiger partial charge in [-0.25, -0.2) is 4.39 Å². The highest BCUT2D eigenvalue weighted by Crippen LogP contribution is 2.34. The Morgan fingerprint density at radius 1 is 1.18 bits per heavy atom. The first-order chi connectivity index (χ1) is 13.4. The average Bonchev–Trinajstić information content (AvgIpc) is 3.05. The highest BCUT2D eigenvalue weighted by Gasteiger charge is 2.24. The van der Waals surface area contributed by atoms with E-state index in [0.29, 0.717) is 22.0 Å². The lowest BCUT2D eigenvalue weighted by atomic mass is 10.1. The summed E-state index contributed by atoms with van der Waals surface area (Å²) in [5.41, 5.74) is 2.83. The van der Waals surface area contributed by atoms with Crippen molar-refractivity contribution < 1.29 is 18.7 Å². The second-order valence-electron chi connectivity index (χ2n) is 6.50. The fourth-order valence-corrected chi connectivity index (χ4v) is 3.93. The predicted molar refractivity (Wildman–Crippen MR) is 108 cm³/mol. The Morgan fingerprint density at radius 3 is 2.68 bits per heavy atom. The summed E-state index contributed by atoms with van der Waals surface area (Å²) in [5.74, 6) is -0.213. The van der Waals surface area contributed by atoms with Crippen molar-refractivity contribution in [2.75, 3.05) is 10.6 Å². The predicted octanol–water partition coefficient (Wildman–Crippen LogP) is 4.83. The first-order valence-corrected chi connectivity index (χ1v) is 9.51. The van der Waals surface area contributed by atoms with Gasteiger partial charge in [0.05, 0.1) is 10.6 Å². The number of hydrogen-bond donors (Lipinski definition) is 2. The van der Waals surface area contributed by atoms with Gasteiger partial charge in [-0.2, -0.15) is 0 Å². The van der Waals surface area contributed by atoms with Crippen LogP contribution in [0.3, 0.4) is 0 Å². The lowest BCUT2D eigenvalue weighted by molar-refractivity contribution is -0.122. The summed E-state index contributed by atoms with van der Waals surface area (Å²) in [5, 5.41) is 5.60. The van der Waals surface area contributed by atoms with Crippen molar-refractivity contribution in [3.63, 3.8) is 0 Å².